The van der Waals surface area contributed by atoms with Crippen LogP contribution >= 0.6 is 11.6 Å². The highest BCUT2D eigenvalue weighted by molar-refractivity contribution is 6.33. The molecule has 0 aromatic heterocycles. The van der Waals surface area contributed by atoms with Gasteiger partial charge in [-0.05, 0) is 51.6 Å². The number of nitrogens with two attached hydrogens (primary N) is 1. The molecule has 3 nitrogen and oxygen atoms in total. The lowest BCUT2D eigenvalue weighted by atomic mass is 10.0. The number of rotatable bonds is 3. The van der Waals surface area contributed by atoms with Crippen LogP contribution in [0.2, 0.25) is 5.02 Å². The summed E-state index contributed by atoms with van der Waals surface area (Å²) in [5.41, 5.74) is 8.12. The largest absolute Gasteiger partial charge is 0.369 e. The minimum absolute atomic E-state index is 0.0300. The number of piperidine rings is 1. The molecular weight excluding hydrogens is 258 g/mol. The third kappa shape index (κ3) is 3.41. The van der Waals surface area contributed by atoms with Crippen molar-refractivity contribution in [2.45, 2.75) is 31.8 Å². The topological polar surface area (TPSA) is 32.5 Å². The van der Waals surface area contributed by atoms with Gasteiger partial charge in [-0.15, -0.1) is 0 Å². The molecule has 0 aliphatic carbocycles. The Hall–Kier alpha value is -0.770. The van der Waals surface area contributed by atoms with E-state index in [0.717, 1.165) is 29.4 Å². The van der Waals surface area contributed by atoms with Crippen molar-refractivity contribution in [3.63, 3.8) is 0 Å². The van der Waals surface area contributed by atoms with E-state index in [-0.39, 0.29) is 6.04 Å². The highest BCUT2D eigenvalue weighted by Crippen LogP contribution is 2.31. The Morgan fingerprint density at radius 3 is 2.74 bits per heavy atom. The van der Waals surface area contributed by atoms with Crippen LogP contribution in [0, 0.1) is 0 Å². The van der Waals surface area contributed by atoms with Gasteiger partial charge < -0.3 is 15.5 Å². The Bertz CT molecular complexity index is 431. The maximum absolute atomic E-state index is 6.42. The van der Waals surface area contributed by atoms with Crippen LogP contribution in [-0.4, -0.2) is 38.1 Å². The van der Waals surface area contributed by atoms with Gasteiger partial charge in [-0.3, -0.25) is 0 Å². The summed E-state index contributed by atoms with van der Waals surface area (Å²) in [6.07, 6.45) is 2.48. The quantitative estimate of drug-likeness (QED) is 0.925. The van der Waals surface area contributed by atoms with Crippen LogP contribution in [0.15, 0.2) is 18.2 Å². The minimum Gasteiger partial charge on any atom is -0.369 e. The molecule has 0 radical (unpaired) electrons. The molecule has 1 saturated heterocycles. The van der Waals surface area contributed by atoms with Crippen LogP contribution in [0.4, 0.5) is 5.69 Å². The molecule has 0 amide bonds. The van der Waals surface area contributed by atoms with Crippen molar-refractivity contribution in [3.05, 3.63) is 28.8 Å². The second-order valence-corrected chi connectivity index (χ2v) is 6.11. The van der Waals surface area contributed by atoms with Gasteiger partial charge in [0.2, 0.25) is 0 Å². The fourth-order valence-electron chi connectivity index (χ4n) is 2.66. The van der Waals surface area contributed by atoms with Crippen LogP contribution in [0.3, 0.4) is 0 Å². The SMILES string of the molecule is C[C@@H](N)c1ccc(N2CCCC(N(C)C)C2)c(Cl)c1. The molecule has 106 valence electrons. The van der Waals surface area contributed by atoms with Gasteiger partial charge in [0.05, 0.1) is 10.7 Å². The first-order valence-electron chi connectivity index (χ1n) is 6.95. The Morgan fingerprint density at radius 1 is 1.42 bits per heavy atom. The predicted molar refractivity (Wildman–Crippen MR) is 83.0 cm³/mol. The van der Waals surface area contributed by atoms with Crippen molar-refractivity contribution in [2.75, 3.05) is 32.1 Å². The molecular formula is C15H24ClN3. The van der Waals surface area contributed by atoms with Gasteiger partial charge in [0, 0.05) is 25.2 Å². The predicted octanol–water partition coefficient (Wildman–Crippen LogP) is 2.89. The van der Waals surface area contributed by atoms with Gasteiger partial charge >= 0.3 is 0 Å². The molecule has 1 unspecified atom stereocenters. The molecule has 0 spiro atoms. The van der Waals surface area contributed by atoms with Crippen LogP contribution < -0.4 is 10.6 Å². The van der Waals surface area contributed by atoms with Gasteiger partial charge in [-0.1, -0.05) is 17.7 Å². The van der Waals surface area contributed by atoms with E-state index < -0.39 is 0 Å². The van der Waals surface area contributed by atoms with Crippen LogP contribution in [0.1, 0.15) is 31.4 Å². The standard InChI is InChI=1S/C15H24ClN3/c1-11(17)12-6-7-15(14(16)9-12)19-8-4-5-13(10-19)18(2)3/h6-7,9,11,13H,4-5,8,10,17H2,1-3H3/t11-,13?/m1/s1. The Balaban J connectivity index is 2.17. The monoisotopic (exact) mass is 281 g/mol. The van der Waals surface area contributed by atoms with E-state index in [1.165, 1.54) is 12.8 Å². The first-order valence-corrected chi connectivity index (χ1v) is 7.33. The van der Waals surface area contributed by atoms with E-state index in [0.29, 0.717) is 6.04 Å². The van der Waals surface area contributed by atoms with E-state index in [9.17, 15) is 0 Å². The Labute approximate surface area is 121 Å². The first-order chi connectivity index (χ1) is 8.99. The average Bonchev–Trinajstić information content (AvgIpc) is 2.38. The molecule has 2 N–H and O–H groups in total. The number of halogens is 1. The second kappa shape index (κ2) is 6.12. The third-order valence-corrected chi connectivity index (χ3v) is 4.27. The van der Waals surface area contributed by atoms with Crippen LogP contribution in [0.25, 0.3) is 0 Å². The van der Waals surface area contributed by atoms with Gasteiger partial charge in [0.1, 0.15) is 0 Å². The number of nitrogens with zero attached hydrogens (tertiary/aromatic N) is 2. The summed E-state index contributed by atoms with van der Waals surface area (Å²) in [6, 6.07) is 6.84. The minimum atomic E-state index is 0.0300. The zero-order valence-electron chi connectivity index (χ0n) is 12.1. The maximum Gasteiger partial charge on any atom is 0.0642 e. The van der Waals surface area contributed by atoms with E-state index >= 15 is 0 Å². The van der Waals surface area contributed by atoms with Crippen molar-refractivity contribution in [1.29, 1.82) is 0 Å². The van der Waals surface area contributed by atoms with E-state index in [1.54, 1.807) is 0 Å². The summed E-state index contributed by atoms with van der Waals surface area (Å²) in [5.74, 6) is 0. The molecule has 1 aromatic carbocycles. The zero-order valence-corrected chi connectivity index (χ0v) is 12.8. The molecule has 0 bridgehead atoms. The number of hydrogen-bond acceptors (Lipinski definition) is 3. The van der Waals surface area contributed by atoms with E-state index in [2.05, 4.69) is 36.0 Å². The summed E-state index contributed by atoms with van der Waals surface area (Å²) in [6.45, 7) is 4.11. The fourth-order valence-corrected chi connectivity index (χ4v) is 2.97. The third-order valence-electron chi connectivity index (χ3n) is 3.97. The summed E-state index contributed by atoms with van der Waals surface area (Å²) in [7, 11) is 4.30. The number of anilines is 1. The van der Waals surface area contributed by atoms with Crippen LogP contribution in [-0.2, 0) is 0 Å². The molecule has 1 fully saturated rings. The number of likely N-dealkylation sites (N-methyl/N-ethyl adjacent to an activating group) is 1. The van der Waals surface area contributed by atoms with Crippen LogP contribution in [0.5, 0.6) is 0 Å². The summed E-state index contributed by atoms with van der Waals surface area (Å²) in [4.78, 5) is 4.69. The molecule has 2 rings (SSSR count). The molecule has 4 heteroatoms. The van der Waals surface area contributed by atoms with Gasteiger partial charge in [0.15, 0.2) is 0 Å². The lowest BCUT2D eigenvalue weighted by Gasteiger charge is -2.38. The van der Waals surface area contributed by atoms with Crippen molar-refractivity contribution < 1.29 is 0 Å². The van der Waals surface area contributed by atoms with E-state index in [1.807, 2.05) is 13.0 Å². The molecule has 1 aromatic rings. The lowest BCUT2D eigenvalue weighted by molar-refractivity contribution is 0.258. The van der Waals surface area contributed by atoms with Gasteiger partial charge in [-0.25, -0.2) is 0 Å². The van der Waals surface area contributed by atoms with E-state index in [4.69, 9.17) is 17.3 Å². The van der Waals surface area contributed by atoms with Crippen molar-refractivity contribution in [1.82, 2.24) is 4.90 Å². The summed E-state index contributed by atoms with van der Waals surface area (Å²) >= 11 is 6.42. The highest BCUT2D eigenvalue weighted by atomic mass is 35.5. The molecule has 2 atom stereocenters. The summed E-state index contributed by atoms with van der Waals surface area (Å²) in [5, 5.41) is 0.814. The number of hydrogen-bond donors (Lipinski definition) is 1. The second-order valence-electron chi connectivity index (χ2n) is 5.71. The molecule has 1 aliphatic heterocycles. The first kappa shape index (κ1) is 14.6. The average molecular weight is 282 g/mol. The Kier molecular flexibility index (Phi) is 4.71. The normalized spacial score (nSPS) is 21.8. The fraction of sp³-hybridized carbons (Fsp3) is 0.600. The summed E-state index contributed by atoms with van der Waals surface area (Å²) < 4.78 is 0. The van der Waals surface area contributed by atoms with Crippen molar-refractivity contribution in [3.8, 4) is 0 Å². The molecule has 0 saturated carbocycles. The van der Waals surface area contributed by atoms with Crippen molar-refractivity contribution in [2.24, 2.45) is 5.73 Å². The highest BCUT2D eigenvalue weighted by Gasteiger charge is 2.23. The smallest absolute Gasteiger partial charge is 0.0642 e. The maximum atomic E-state index is 6.42. The molecule has 1 heterocycles. The number of benzene rings is 1. The zero-order chi connectivity index (χ0) is 14.0. The van der Waals surface area contributed by atoms with Gasteiger partial charge in [-0.2, -0.15) is 0 Å². The molecule has 19 heavy (non-hydrogen) atoms. The van der Waals surface area contributed by atoms with Crippen molar-refractivity contribution >= 4 is 17.3 Å². The molecule has 1 aliphatic rings. The van der Waals surface area contributed by atoms with Gasteiger partial charge in [0.25, 0.3) is 0 Å². The lowest BCUT2D eigenvalue weighted by Crippen LogP contribution is -2.45. The Morgan fingerprint density at radius 2 is 2.16 bits per heavy atom.